The van der Waals surface area contributed by atoms with Crippen LogP contribution in [0.3, 0.4) is 0 Å². The number of halogens is 1. The predicted octanol–water partition coefficient (Wildman–Crippen LogP) is 3.46. The van der Waals surface area contributed by atoms with Crippen LogP contribution in [0.5, 0.6) is 0 Å². The number of carbonyl (C=O) groups excluding carboxylic acids is 1. The van der Waals surface area contributed by atoms with E-state index < -0.39 is 5.97 Å². The molecule has 23 heavy (non-hydrogen) atoms. The van der Waals surface area contributed by atoms with E-state index in [4.69, 9.17) is 10.8 Å². The van der Waals surface area contributed by atoms with Gasteiger partial charge in [0.2, 0.25) is 0 Å². The van der Waals surface area contributed by atoms with E-state index >= 15 is 0 Å². The first-order chi connectivity index (χ1) is 10.6. The summed E-state index contributed by atoms with van der Waals surface area (Å²) < 4.78 is 0. The Morgan fingerprint density at radius 2 is 1.70 bits per heavy atom. The molecule has 1 aliphatic carbocycles. The van der Waals surface area contributed by atoms with Crippen LogP contribution in [0.2, 0.25) is 0 Å². The van der Waals surface area contributed by atoms with Crippen LogP contribution in [0, 0.1) is 11.8 Å². The lowest BCUT2D eigenvalue weighted by atomic mass is 9.78. The van der Waals surface area contributed by atoms with E-state index in [-0.39, 0.29) is 30.5 Å². The van der Waals surface area contributed by atoms with Crippen molar-refractivity contribution in [2.24, 2.45) is 17.6 Å². The molecule has 0 atom stereocenters. The molecular formula is C18H26ClNO3. The highest BCUT2D eigenvalue weighted by atomic mass is 35.5. The largest absolute Gasteiger partial charge is 0.481 e. The van der Waals surface area contributed by atoms with E-state index in [0.717, 1.165) is 49.8 Å². The molecule has 1 aliphatic rings. The molecule has 4 nitrogen and oxygen atoms in total. The van der Waals surface area contributed by atoms with Gasteiger partial charge in [-0.2, -0.15) is 0 Å². The van der Waals surface area contributed by atoms with Gasteiger partial charge >= 0.3 is 5.97 Å². The zero-order chi connectivity index (χ0) is 15.9. The summed E-state index contributed by atoms with van der Waals surface area (Å²) in [4.78, 5) is 23.0. The van der Waals surface area contributed by atoms with Gasteiger partial charge in [-0.25, -0.2) is 0 Å². The number of ketones is 1. The number of aliphatic carboxylic acids is 1. The number of carboxylic acid groups (broad SMARTS) is 1. The van der Waals surface area contributed by atoms with E-state index in [2.05, 4.69) is 0 Å². The first-order valence-electron chi connectivity index (χ1n) is 8.15. The Balaban J connectivity index is 0.00000264. The molecule has 0 amide bonds. The van der Waals surface area contributed by atoms with Crippen LogP contribution in [-0.4, -0.2) is 23.4 Å². The molecule has 1 aromatic rings. The molecule has 5 heteroatoms. The Bertz CT molecular complexity index is 508. The van der Waals surface area contributed by atoms with E-state index in [1.165, 1.54) is 0 Å². The lowest BCUT2D eigenvalue weighted by molar-refractivity contribution is -0.137. The standard InChI is InChI=1S/C18H25NO3.ClH/c19-12-14-6-10-16(11-7-14)18(22)15-8-4-13(5-9-15)2-1-3-17(20)21;/h4-5,8-9,14,16H,1-3,6-7,10-12,19H2,(H,20,21);1H. The fraction of sp³-hybridized carbons (Fsp3) is 0.556. The molecule has 0 radical (unpaired) electrons. The Hall–Kier alpha value is -1.39. The number of carboxylic acids is 1. The molecule has 0 heterocycles. The van der Waals surface area contributed by atoms with Gasteiger partial charge in [-0.3, -0.25) is 9.59 Å². The fourth-order valence-electron chi connectivity index (χ4n) is 3.18. The van der Waals surface area contributed by atoms with Gasteiger partial charge < -0.3 is 10.8 Å². The highest BCUT2D eigenvalue weighted by molar-refractivity contribution is 5.97. The minimum atomic E-state index is -0.764. The van der Waals surface area contributed by atoms with Crippen molar-refractivity contribution in [2.45, 2.75) is 44.9 Å². The van der Waals surface area contributed by atoms with E-state index in [9.17, 15) is 9.59 Å². The summed E-state index contributed by atoms with van der Waals surface area (Å²) in [6.45, 7) is 0.728. The number of rotatable bonds is 7. The third kappa shape index (κ3) is 5.96. The molecule has 0 aromatic heterocycles. The van der Waals surface area contributed by atoms with E-state index in [1.54, 1.807) is 0 Å². The molecule has 1 saturated carbocycles. The molecule has 1 fully saturated rings. The normalized spacial score (nSPS) is 20.6. The Labute approximate surface area is 143 Å². The second-order valence-electron chi connectivity index (χ2n) is 6.26. The lowest BCUT2D eigenvalue weighted by Crippen LogP contribution is -2.25. The van der Waals surface area contributed by atoms with Gasteiger partial charge in [-0.1, -0.05) is 24.3 Å². The van der Waals surface area contributed by atoms with E-state index in [1.807, 2.05) is 24.3 Å². The summed E-state index contributed by atoms with van der Waals surface area (Å²) in [5.41, 5.74) is 7.55. The van der Waals surface area contributed by atoms with Crippen molar-refractivity contribution in [1.29, 1.82) is 0 Å². The monoisotopic (exact) mass is 339 g/mol. The average Bonchev–Trinajstić information content (AvgIpc) is 2.54. The van der Waals surface area contributed by atoms with Crippen LogP contribution >= 0.6 is 12.4 Å². The minimum absolute atomic E-state index is 0. The van der Waals surface area contributed by atoms with E-state index in [0.29, 0.717) is 12.3 Å². The van der Waals surface area contributed by atoms with Crippen molar-refractivity contribution >= 4 is 24.2 Å². The lowest BCUT2D eigenvalue weighted by Gasteiger charge is -2.26. The highest BCUT2D eigenvalue weighted by Gasteiger charge is 2.26. The van der Waals surface area contributed by atoms with Gasteiger partial charge in [0.25, 0.3) is 0 Å². The Morgan fingerprint density at radius 1 is 1.09 bits per heavy atom. The number of nitrogens with two attached hydrogens (primary N) is 1. The highest BCUT2D eigenvalue weighted by Crippen LogP contribution is 2.30. The summed E-state index contributed by atoms with van der Waals surface area (Å²) in [7, 11) is 0. The zero-order valence-electron chi connectivity index (χ0n) is 13.4. The van der Waals surface area contributed by atoms with Crippen molar-refractivity contribution in [3.63, 3.8) is 0 Å². The molecule has 0 unspecified atom stereocenters. The third-order valence-electron chi connectivity index (χ3n) is 4.65. The Kier molecular flexibility index (Phi) is 8.28. The second-order valence-corrected chi connectivity index (χ2v) is 6.26. The molecule has 0 spiro atoms. The predicted molar refractivity (Wildman–Crippen MR) is 93.1 cm³/mol. The maximum atomic E-state index is 12.5. The van der Waals surface area contributed by atoms with Crippen LogP contribution in [-0.2, 0) is 11.2 Å². The fourth-order valence-corrected chi connectivity index (χ4v) is 3.18. The maximum Gasteiger partial charge on any atom is 0.303 e. The third-order valence-corrected chi connectivity index (χ3v) is 4.65. The van der Waals surface area contributed by atoms with Gasteiger partial charge in [0.05, 0.1) is 0 Å². The van der Waals surface area contributed by atoms with Crippen LogP contribution in [0.1, 0.15) is 54.4 Å². The molecule has 0 aliphatic heterocycles. The summed E-state index contributed by atoms with van der Waals surface area (Å²) in [5, 5.41) is 8.64. The van der Waals surface area contributed by atoms with Crippen molar-refractivity contribution in [2.75, 3.05) is 6.54 Å². The summed E-state index contributed by atoms with van der Waals surface area (Å²) >= 11 is 0. The van der Waals surface area contributed by atoms with Crippen LogP contribution in [0.15, 0.2) is 24.3 Å². The van der Waals surface area contributed by atoms with Crippen molar-refractivity contribution in [3.8, 4) is 0 Å². The van der Waals surface area contributed by atoms with Gasteiger partial charge in [0, 0.05) is 17.9 Å². The first-order valence-corrected chi connectivity index (χ1v) is 8.15. The van der Waals surface area contributed by atoms with Crippen LogP contribution < -0.4 is 5.73 Å². The van der Waals surface area contributed by atoms with Crippen LogP contribution in [0.25, 0.3) is 0 Å². The van der Waals surface area contributed by atoms with Crippen molar-refractivity contribution in [3.05, 3.63) is 35.4 Å². The van der Waals surface area contributed by atoms with Crippen LogP contribution in [0.4, 0.5) is 0 Å². The average molecular weight is 340 g/mol. The summed E-state index contributed by atoms with van der Waals surface area (Å²) in [5.74, 6) is 0.203. The molecule has 1 aromatic carbocycles. The number of Topliss-reactive ketones (excluding diaryl/α,β-unsaturated/α-hetero) is 1. The number of benzene rings is 1. The molecule has 0 bridgehead atoms. The summed E-state index contributed by atoms with van der Waals surface area (Å²) in [6.07, 6.45) is 5.56. The topological polar surface area (TPSA) is 80.4 Å². The zero-order valence-corrected chi connectivity index (χ0v) is 14.2. The van der Waals surface area contributed by atoms with Gasteiger partial charge in [0.1, 0.15) is 0 Å². The maximum absolute atomic E-state index is 12.5. The van der Waals surface area contributed by atoms with Gasteiger partial charge in [-0.05, 0) is 56.6 Å². The Morgan fingerprint density at radius 3 is 2.22 bits per heavy atom. The SMILES string of the molecule is Cl.NCC1CCC(C(=O)c2ccc(CCCC(=O)O)cc2)CC1. The van der Waals surface area contributed by atoms with Crippen molar-refractivity contribution in [1.82, 2.24) is 0 Å². The smallest absolute Gasteiger partial charge is 0.303 e. The molecule has 2 rings (SSSR count). The molecule has 128 valence electrons. The quantitative estimate of drug-likeness (QED) is 0.745. The van der Waals surface area contributed by atoms with Crippen molar-refractivity contribution < 1.29 is 14.7 Å². The molecule has 0 saturated heterocycles. The first kappa shape index (κ1) is 19.7. The molecule has 3 N–H and O–H groups in total. The van der Waals surface area contributed by atoms with Gasteiger partial charge in [0.15, 0.2) is 5.78 Å². The number of hydrogen-bond acceptors (Lipinski definition) is 3. The number of hydrogen-bond donors (Lipinski definition) is 2. The number of carbonyl (C=O) groups is 2. The second kappa shape index (κ2) is 9.68. The summed E-state index contributed by atoms with van der Waals surface area (Å²) in [6, 6.07) is 7.65. The molecular weight excluding hydrogens is 314 g/mol. The number of aryl methyl sites for hydroxylation is 1. The minimum Gasteiger partial charge on any atom is -0.481 e. The van der Waals surface area contributed by atoms with Gasteiger partial charge in [-0.15, -0.1) is 12.4 Å².